The number of hydrogen-bond donors (Lipinski definition) is 0. The van der Waals surface area contributed by atoms with Gasteiger partial charge in [-0.1, -0.05) is 29.1 Å². The molecule has 0 aliphatic heterocycles. The Morgan fingerprint density at radius 2 is 2.00 bits per heavy atom. The third-order valence-electron chi connectivity index (χ3n) is 3.97. The Labute approximate surface area is 134 Å². The number of rotatable bonds is 4. The molecular formula is C17H19N3OS. The van der Waals surface area contributed by atoms with Crippen LogP contribution in [-0.4, -0.2) is 14.7 Å². The summed E-state index contributed by atoms with van der Waals surface area (Å²) in [5.74, 6) is 1.69. The number of aryl methyl sites for hydroxylation is 3. The minimum atomic E-state index is 0.809. The molecule has 0 aliphatic carbocycles. The number of thioether (sulfide) groups is 1. The average Bonchev–Trinajstić information content (AvgIpc) is 3.08. The highest BCUT2D eigenvalue weighted by molar-refractivity contribution is 7.98. The fourth-order valence-electron chi connectivity index (χ4n) is 2.42. The number of aromatic nitrogens is 3. The molecule has 0 amide bonds. The van der Waals surface area contributed by atoms with E-state index < -0.39 is 0 Å². The van der Waals surface area contributed by atoms with Crippen LogP contribution in [-0.2, 0) is 5.75 Å². The van der Waals surface area contributed by atoms with Gasteiger partial charge in [0, 0.05) is 23.7 Å². The van der Waals surface area contributed by atoms with Crippen LogP contribution in [0, 0.1) is 27.7 Å². The molecule has 4 nitrogen and oxygen atoms in total. The lowest BCUT2D eigenvalue weighted by Crippen LogP contribution is -1.99. The highest BCUT2D eigenvalue weighted by Crippen LogP contribution is 2.28. The van der Waals surface area contributed by atoms with Crippen LogP contribution >= 0.6 is 11.8 Å². The van der Waals surface area contributed by atoms with Gasteiger partial charge >= 0.3 is 0 Å². The maximum atomic E-state index is 5.22. The number of nitrogens with zero attached hydrogens (tertiary/aromatic N) is 3. The van der Waals surface area contributed by atoms with E-state index in [1.807, 2.05) is 26.2 Å². The van der Waals surface area contributed by atoms with Gasteiger partial charge in [0.2, 0.25) is 0 Å². The highest BCUT2D eigenvalue weighted by Gasteiger charge is 2.13. The van der Waals surface area contributed by atoms with Crippen LogP contribution in [0.15, 0.2) is 40.3 Å². The predicted molar refractivity (Wildman–Crippen MR) is 88.6 cm³/mol. The summed E-state index contributed by atoms with van der Waals surface area (Å²) < 4.78 is 7.37. The molecule has 0 saturated carbocycles. The van der Waals surface area contributed by atoms with Gasteiger partial charge < -0.3 is 4.52 Å². The lowest BCUT2D eigenvalue weighted by Gasteiger charge is -2.12. The fraction of sp³-hybridized carbons (Fsp3) is 0.294. The number of hydrogen-bond acceptors (Lipinski definition) is 4. The van der Waals surface area contributed by atoms with Crippen molar-refractivity contribution in [2.75, 3.05) is 0 Å². The van der Waals surface area contributed by atoms with E-state index in [0.29, 0.717) is 0 Å². The first kappa shape index (κ1) is 14.9. The monoisotopic (exact) mass is 313 g/mol. The minimum absolute atomic E-state index is 0.809. The standard InChI is InChI=1S/C17H19N3OS/c1-11-6-5-7-16(12(11)2)20-9-8-18-17(20)22-10-15-13(3)19-21-14(15)4/h5-9H,10H2,1-4H3. The topological polar surface area (TPSA) is 43.9 Å². The maximum Gasteiger partial charge on any atom is 0.172 e. The van der Waals surface area contributed by atoms with E-state index in [-0.39, 0.29) is 0 Å². The van der Waals surface area contributed by atoms with Crippen molar-refractivity contribution in [1.82, 2.24) is 14.7 Å². The molecule has 5 heteroatoms. The lowest BCUT2D eigenvalue weighted by atomic mass is 10.1. The second kappa shape index (κ2) is 6.01. The first-order valence-electron chi connectivity index (χ1n) is 7.22. The molecule has 0 saturated heterocycles. The molecule has 0 spiro atoms. The van der Waals surface area contributed by atoms with Crippen molar-refractivity contribution in [3.8, 4) is 5.69 Å². The second-order valence-corrected chi connectivity index (χ2v) is 6.33. The fourth-order valence-corrected chi connectivity index (χ4v) is 3.54. The summed E-state index contributed by atoms with van der Waals surface area (Å²) >= 11 is 1.70. The smallest absolute Gasteiger partial charge is 0.172 e. The van der Waals surface area contributed by atoms with Crippen LogP contribution in [0.4, 0.5) is 0 Å². The molecule has 2 heterocycles. The van der Waals surface area contributed by atoms with E-state index in [4.69, 9.17) is 4.52 Å². The molecule has 0 atom stereocenters. The SMILES string of the molecule is Cc1cccc(-n2ccnc2SCc2c(C)noc2C)c1C. The zero-order valence-electron chi connectivity index (χ0n) is 13.3. The van der Waals surface area contributed by atoms with E-state index in [1.54, 1.807) is 11.8 Å². The van der Waals surface area contributed by atoms with Gasteiger partial charge in [0.25, 0.3) is 0 Å². The third-order valence-corrected chi connectivity index (χ3v) is 4.96. The van der Waals surface area contributed by atoms with Gasteiger partial charge in [-0.3, -0.25) is 4.57 Å². The zero-order chi connectivity index (χ0) is 15.7. The Morgan fingerprint density at radius 1 is 1.18 bits per heavy atom. The van der Waals surface area contributed by atoms with Crippen molar-refractivity contribution in [1.29, 1.82) is 0 Å². The summed E-state index contributed by atoms with van der Waals surface area (Å²) in [7, 11) is 0. The first-order chi connectivity index (χ1) is 10.6. The van der Waals surface area contributed by atoms with Crippen LogP contribution in [0.2, 0.25) is 0 Å². The van der Waals surface area contributed by atoms with Crippen molar-refractivity contribution < 1.29 is 4.52 Å². The van der Waals surface area contributed by atoms with E-state index in [1.165, 1.54) is 16.8 Å². The predicted octanol–water partition coefficient (Wildman–Crippen LogP) is 4.39. The van der Waals surface area contributed by atoms with Crippen molar-refractivity contribution in [2.45, 2.75) is 38.6 Å². The van der Waals surface area contributed by atoms with Crippen LogP contribution in [0.5, 0.6) is 0 Å². The van der Waals surface area contributed by atoms with Gasteiger partial charge in [-0.05, 0) is 44.9 Å². The summed E-state index contributed by atoms with van der Waals surface area (Å²) in [6.45, 7) is 8.20. The van der Waals surface area contributed by atoms with Crippen molar-refractivity contribution in [2.24, 2.45) is 0 Å². The van der Waals surface area contributed by atoms with E-state index in [2.05, 4.69) is 46.8 Å². The van der Waals surface area contributed by atoms with Crippen LogP contribution in [0.1, 0.15) is 28.1 Å². The van der Waals surface area contributed by atoms with Gasteiger partial charge in [0.15, 0.2) is 5.16 Å². The Balaban J connectivity index is 1.88. The molecule has 0 bridgehead atoms. The Morgan fingerprint density at radius 3 is 2.73 bits per heavy atom. The summed E-state index contributed by atoms with van der Waals surface area (Å²) in [4.78, 5) is 4.50. The van der Waals surface area contributed by atoms with Crippen LogP contribution < -0.4 is 0 Å². The van der Waals surface area contributed by atoms with Gasteiger partial charge in [-0.25, -0.2) is 4.98 Å². The molecule has 0 aliphatic rings. The molecule has 0 radical (unpaired) electrons. The molecule has 1 aromatic carbocycles. The molecule has 0 N–H and O–H groups in total. The lowest BCUT2D eigenvalue weighted by molar-refractivity contribution is 0.392. The third kappa shape index (κ3) is 2.68. The summed E-state index contributed by atoms with van der Waals surface area (Å²) in [5, 5.41) is 4.99. The Kier molecular flexibility index (Phi) is 4.07. The quantitative estimate of drug-likeness (QED) is 0.670. The van der Waals surface area contributed by atoms with E-state index in [0.717, 1.165) is 27.9 Å². The molecule has 114 valence electrons. The molecular weight excluding hydrogens is 294 g/mol. The zero-order valence-corrected chi connectivity index (χ0v) is 14.1. The highest BCUT2D eigenvalue weighted by atomic mass is 32.2. The summed E-state index contributed by atoms with van der Waals surface area (Å²) in [5.41, 5.74) is 5.85. The van der Waals surface area contributed by atoms with Crippen LogP contribution in [0.3, 0.4) is 0 Å². The van der Waals surface area contributed by atoms with Crippen molar-refractivity contribution >= 4 is 11.8 Å². The minimum Gasteiger partial charge on any atom is -0.361 e. The van der Waals surface area contributed by atoms with Gasteiger partial charge in [0.05, 0.1) is 11.4 Å². The molecule has 22 heavy (non-hydrogen) atoms. The Hall–Kier alpha value is -2.01. The second-order valence-electron chi connectivity index (χ2n) is 5.39. The summed E-state index contributed by atoms with van der Waals surface area (Å²) in [6, 6.07) is 6.34. The number of benzene rings is 1. The van der Waals surface area contributed by atoms with E-state index in [9.17, 15) is 0 Å². The Bertz CT molecular complexity index is 785. The molecule has 3 rings (SSSR count). The van der Waals surface area contributed by atoms with Gasteiger partial charge in [0.1, 0.15) is 5.76 Å². The maximum absolute atomic E-state index is 5.22. The molecule has 2 aromatic heterocycles. The molecule has 0 fully saturated rings. The van der Waals surface area contributed by atoms with Gasteiger partial charge in [-0.15, -0.1) is 0 Å². The average molecular weight is 313 g/mol. The first-order valence-corrected chi connectivity index (χ1v) is 8.21. The van der Waals surface area contributed by atoms with E-state index >= 15 is 0 Å². The van der Waals surface area contributed by atoms with Crippen molar-refractivity contribution in [3.63, 3.8) is 0 Å². The summed E-state index contributed by atoms with van der Waals surface area (Å²) in [6.07, 6.45) is 3.86. The largest absolute Gasteiger partial charge is 0.361 e. The molecule has 3 aromatic rings. The van der Waals surface area contributed by atoms with Crippen LogP contribution in [0.25, 0.3) is 5.69 Å². The molecule has 0 unspecified atom stereocenters. The normalized spacial score (nSPS) is 11.1. The van der Waals surface area contributed by atoms with Gasteiger partial charge in [-0.2, -0.15) is 0 Å². The number of imidazole rings is 1. The van der Waals surface area contributed by atoms with Crippen molar-refractivity contribution in [3.05, 3.63) is 58.7 Å².